The fraction of sp³-hybridized carbons (Fsp3) is 1.00. The summed E-state index contributed by atoms with van der Waals surface area (Å²) in [5, 5.41) is 0. The van der Waals surface area contributed by atoms with E-state index in [4.69, 9.17) is 52.1 Å². The molecule has 0 heterocycles. The minimum Gasteiger partial charge on any atom is -0.379 e. The Balaban J connectivity index is 3.04. The van der Waals surface area contributed by atoms with Crippen LogP contribution in [-0.4, -0.2) is 150 Å². The summed E-state index contributed by atoms with van der Waals surface area (Å²) in [6, 6.07) is 0. The smallest absolute Gasteiger partial charge is 0.0701 e. The van der Waals surface area contributed by atoms with E-state index in [0.29, 0.717) is 132 Å². The molecule has 0 fully saturated rings. The van der Waals surface area contributed by atoms with Gasteiger partial charge >= 0.3 is 0 Å². The Morgan fingerprint density at radius 2 is 0.400 bits per heavy atom. The molecule has 0 aliphatic rings. The van der Waals surface area contributed by atoms with E-state index in [1.54, 1.807) is 0 Å². The van der Waals surface area contributed by atoms with Crippen LogP contribution in [0.5, 0.6) is 0 Å². The van der Waals surface area contributed by atoms with Crippen molar-refractivity contribution in [2.45, 2.75) is 96.8 Å². The second-order valence-corrected chi connectivity index (χ2v) is 13.1. The van der Waals surface area contributed by atoms with Crippen LogP contribution < -0.4 is 0 Å². The first-order valence-corrected chi connectivity index (χ1v) is 21.4. The van der Waals surface area contributed by atoms with E-state index < -0.39 is 0 Å². The maximum atomic E-state index is 5.68. The first-order valence-electron chi connectivity index (χ1n) is 19.8. The molecule has 0 amide bonds. The standard InChI is InChI=1S/C38H77IO11/c1-2-3-4-5-6-7-8-9-10-11-12-13-14-15-17-40-19-21-42-23-25-44-27-29-46-31-33-48-35-37-50-38-36-49-34-32-47-30-28-45-26-24-43-22-20-41-18-16-39/h2-38H2,1H3. The van der Waals surface area contributed by atoms with E-state index in [-0.39, 0.29) is 0 Å². The second-order valence-electron chi connectivity index (χ2n) is 12.0. The third-order valence-corrected chi connectivity index (χ3v) is 8.02. The molecule has 0 radical (unpaired) electrons. The molecule has 50 heavy (non-hydrogen) atoms. The van der Waals surface area contributed by atoms with Gasteiger partial charge in [0.1, 0.15) is 0 Å². The van der Waals surface area contributed by atoms with Gasteiger partial charge in [-0.3, -0.25) is 0 Å². The number of unbranched alkanes of at least 4 members (excludes halogenated alkanes) is 13. The van der Waals surface area contributed by atoms with Crippen molar-refractivity contribution < 1.29 is 52.1 Å². The third-order valence-electron chi connectivity index (χ3n) is 7.58. The van der Waals surface area contributed by atoms with Crippen LogP contribution >= 0.6 is 22.6 Å². The molecule has 0 aromatic carbocycles. The Hall–Kier alpha value is 0.290. The molecular formula is C38H77IO11. The normalized spacial score (nSPS) is 11.6. The molecule has 0 rings (SSSR count). The van der Waals surface area contributed by atoms with Crippen molar-refractivity contribution in [2.24, 2.45) is 0 Å². The fourth-order valence-corrected chi connectivity index (χ4v) is 5.07. The summed E-state index contributed by atoms with van der Waals surface area (Å²) in [5.41, 5.74) is 0. The highest BCUT2D eigenvalue weighted by Gasteiger charge is 1.98. The highest BCUT2D eigenvalue weighted by Crippen LogP contribution is 2.13. The van der Waals surface area contributed by atoms with Crippen LogP contribution in [0.2, 0.25) is 0 Å². The van der Waals surface area contributed by atoms with Crippen LogP contribution in [0.15, 0.2) is 0 Å². The fourth-order valence-electron chi connectivity index (χ4n) is 4.75. The van der Waals surface area contributed by atoms with Gasteiger partial charge < -0.3 is 52.1 Å². The number of halogens is 1. The summed E-state index contributed by atoms with van der Waals surface area (Å²) in [4.78, 5) is 0. The summed E-state index contributed by atoms with van der Waals surface area (Å²) < 4.78 is 61.5. The Labute approximate surface area is 320 Å². The van der Waals surface area contributed by atoms with Gasteiger partial charge in [0.15, 0.2) is 0 Å². The van der Waals surface area contributed by atoms with Crippen molar-refractivity contribution in [3.8, 4) is 0 Å². The van der Waals surface area contributed by atoms with Crippen LogP contribution in [0.25, 0.3) is 0 Å². The molecule has 0 aromatic rings. The van der Waals surface area contributed by atoms with Gasteiger partial charge in [-0.15, -0.1) is 0 Å². The predicted octanol–water partition coefficient (Wildman–Crippen LogP) is 7.09. The topological polar surface area (TPSA) is 102 Å². The summed E-state index contributed by atoms with van der Waals surface area (Å²) >= 11 is 2.28. The minimum atomic E-state index is 0.527. The molecule has 11 nitrogen and oxygen atoms in total. The molecule has 0 saturated heterocycles. The molecule has 0 aromatic heterocycles. The summed E-state index contributed by atoms with van der Waals surface area (Å²) in [7, 11) is 0. The Morgan fingerprint density at radius 1 is 0.220 bits per heavy atom. The van der Waals surface area contributed by atoms with Crippen molar-refractivity contribution in [3.05, 3.63) is 0 Å². The van der Waals surface area contributed by atoms with E-state index in [0.717, 1.165) is 24.1 Å². The molecular weight excluding hydrogens is 759 g/mol. The summed E-state index contributed by atoms with van der Waals surface area (Å²) in [5.74, 6) is 0. The van der Waals surface area contributed by atoms with Crippen molar-refractivity contribution >= 4 is 22.6 Å². The summed E-state index contributed by atoms with van der Waals surface area (Å²) in [6.45, 7) is 15.1. The van der Waals surface area contributed by atoms with Gasteiger partial charge in [-0.25, -0.2) is 0 Å². The molecule has 0 saturated carbocycles. The zero-order valence-electron chi connectivity index (χ0n) is 32.0. The molecule has 0 spiro atoms. The van der Waals surface area contributed by atoms with Gasteiger partial charge in [-0.2, -0.15) is 0 Å². The number of hydrogen-bond donors (Lipinski definition) is 0. The molecule has 12 heteroatoms. The maximum absolute atomic E-state index is 5.68. The number of hydrogen-bond acceptors (Lipinski definition) is 11. The zero-order valence-corrected chi connectivity index (χ0v) is 34.2. The molecule has 0 aliphatic heterocycles. The highest BCUT2D eigenvalue weighted by molar-refractivity contribution is 14.1. The van der Waals surface area contributed by atoms with Gasteiger partial charge in [0.25, 0.3) is 0 Å². The molecule has 0 unspecified atom stereocenters. The molecule has 0 aliphatic carbocycles. The molecule has 0 atom stereocenters. The maximum Gasteiger partial charge on any atom is 0.0701 e. The SMILES string of the molecule is CCCCCCCCCCCCCCCCOCCOCCOCCOCCOCCOCCOCCOCCOCCOCCOCCI. The lowest BCUT2D eigenvalue weighted by Crippen LogP contribution is -2.15. The van der Waals surface area contributed by atoms with Crippen molar-refractivity contribution in [2.75, 3.05) is 150 Å². The van der Waals surface area contributed by atoms with Crippen LogP contribution in [-0.2, 0) is 52.1 Å². The largest absolute Gasteiger partial charge is 0.379 e. The van der Waals surface area contributed by atoms with E-state index in [2.05, 4.69) is 29.5 Å². The van der Waals surface area contributed by atoms with Crippen LogP contribution in [0, 0.1) is 0 Å². The Bertz CT molecular complexity index is 533. The van der Waals surface area contributed by atoms with E-state index in [1.807, 2.05) is 0 Å². The van der Waals surface area contributed by atoms with E-state index in [1.165, 1.54) is 83.5 Å². The van der Waals surface area contributed by atoms with Crippen LogP contribution in [0.4, 0.5) is 0 Å². The number of rotatable bonds is 47. The lowest BCUT2D eigenvalue weighted by molar-refractivity contribution is -0.0273. The average molecular weight is 837 g/mol. The summed E-state index contributed by atoms with van der Waals surface area (Å²) in [6.07, 6.45) is 19.3. The minimum absolute atomic E-state index is 0.527. The van der Waals surface area contributed by atoms with Gasteiger partial charge in [0.05, 0.1) is 139 Å². The predicted molar refractivity (Wildman–Crippen MR) is 208 cm³/mol. The zero-order chi connectivity index (χ0) is 35.9. The number of alkyl halides is 1. The number of ether oxygens (including phenoxy) is 11. The van der Waals surface area contributed by atoms with Crippen LogP contribution in [0.1, 0.15) is 96.8 Å². The van der Waals surface area contributed by atoms with Crippen molar-refractivity contribution in [3.63, 3.8) is 0 Å². The lowest BCUT2D eigenvalue weighted by Gasteiger charge is -2.09. The molecule has 0 N–H and O–H groups in total. The third kappa shape index (κ3) is 48.3. The average Bonchev–Trinajstić information content (AvgIpc) is 3.13. The van der Waals surface area contributed by atoms with Crippen molar-refractivity contribution in [1.29, 1.82) is 0 Å². The quantitative estimate of drug-likeness (QED) is 0.0357. The molecule has 302 valence electrons. The first-order chi connectivity index (χ1) is 24.9. The second kappa shape index (κ2) is 49.3. The van der Waals surface area contributed by atoms with E-state index in [9.17, 15) is 0 Å². The Morgan fingerprint density at radius 3 is 0.620 bits per heavy atom. The monoisotopic (exact) mass is 836 g/mol. The lowest BCUT2D eigenvalue weighted by atomic mass is 10.0. The van der Waals surface area contributed by atoms with Gasteiger partial charge in [0, 0.05) is 11.0 Å². The first kappa shape index (κ1) is 50.3. The van der Waals surface area contributed by atoms with Crippen LogP contribution in [0.3, 0.4) is 0 Å². The van der Waals surface area contributed by atoms with Gasteiger partial charge in [0.2, 0.25) is 0 Å². The van der Waals surface area contributed by atoms with Crippen molar-refractivity contribution in [1.82, 2.24) is 0 Å². The highest BCUT2D eigenvalue weighted by atomic mass is 127. The van der Waals surface area contributed by atoms with Gasteiger partial charge in [-0.05, 0) is 6.42 Å². The van der Waals surface area contributed by atoms with E-state index >= 15 is 0 Å². The molecule has 0 bridgehead atoms. The van der Waals surface area contributed by atoms with Gasteiger partial charge in [-0.1, -0.05) is 113 Å². The Kier molecular flexibility index (Phi) is 49.6.